The van der Waals surface area contributed by atoms with Crippen LogP contribution >= 0.6 is 0 Å². The van der Waals surface area contributed by atoms with Crippen molar-refractivity contribution in [3.63, 3.8) is 0 Å². The number of guanidine groups is 1. The second-order valence-electron chi connectivity index (χ2n) is 6.15. The molecule has 0 unspecified atom stereocenters. The molecule has 0 fully saturated rings. The van der Waals surface area contributed by atoms with Crippen LogP contribution in [0, 0.1) is 0 Å². The predicted molar refractivity (Wildman–Crippen MR) is 107 cm³/mol. The normalized spacial score (nSPS) is 11.5. The zero-order chi connectivity index (χ0) is 18.2. The fourth-order valence-corrected chi connectivity index (χ4v) is 2.80. The summed E-state index contributed by atoms with van der Waals surface area (Å²) in [6.45, 7) is 3.46. The standard InChI is InChI=1S/C21H25N5/c1-2-17-9-6-10-19(15-17)25-21(22)24-16-20-23-12-14-26(20)13-11-18-7-4-3-5-8-18/h3-10,12,14-15H,2,11,13,16H2,1H3,(H3,22,24,25). The monoisotopic (exact) mass is 347 g/mol. The van der Waals surface area contributed by atoms with E-state index in [4.69, 9.17) is 5.73 Å². The summed E-state index contributed by atoms with van der Waals surface area (Å²) in [4.78, 5) is 8.84. The Labute approximate surface area is 154 Å². The minimum absolute atomic E-state index is 0.399. The lowest BCUT2D eigenvalue weighted by atomic mass is 10.1. The number of aliphatic imine (C=N–C) groups is 1. The summed E-state index contributed by atoms with van der Waals surface area (Å²) in [6, 6.07) is 18.6. The van der Waals surface area contributed by atoms with Gasteiger partial charge in [-0.2, -0.15) is 0 Å². The number of anilines is 1. The van der Waals surface area contributed by atoms with E-state index in [-0.39, 0.29) is 0 Å². The Balaban J connectivity index is 1.58. The van der Waals surface area contributed by atoms with Crippen LogP contribution in [-0.2, 0) is 25.9 Å². The average Bonchev–Trinajstić information content (AvgIpc) is 3.13. The van der Waals surface area contributed by atoms with Gasteiger partial charge in [-0.1, -0.05) is 49.4 Å². The van der Waals surface area contributed by atoms with Crippen LogP contribution in [-0.4, -0.2) is 15.5 Å². The van der Waals surface area contributed by atoms with Gasteiger partial charge in [0.25, 0.3) is 0 Å². The summed E-state index contributed by atoms with van der Waals surface area (Å²) in [5.41, 5.74) is 9.56. The molecule has 0 amide bonds. The lowest BCUT2D eigenvalue weighted by Gasteiger charge is -2.09. The summed E-state index contributed by atoms with van der Waals surface area (Å²) in [6.07, 6.45) is 5.75. The summed E-state index contributed by atoms with van der Waals surface area (Å²) in [7, 11) is 0. The third-order valence-corrected chi connectivity index (χ3v) is 4.28. The molecule has 1 aromatic heterocycles. The van der Waals surface area contributed by atoms with Gasteiger partial charge in [0.05, 0.1) is 0 Å². The number of aromatic nitrogens is 2. The maximum absolute atomic E-state index is 6.03. The molecule has 0 spiro atoms. The van der Waals surface area contributed by atoms with Crippen molar-refractivity contribution in [3.05, 3.63) is 83.9 Å². The minimum Gasteiger partial charge on any atom is -0.370 e. The first kappa shape index (κ1) is 17.7. The molecule has 3 N–H and O–H groups in total. The molecule has 26 heavy (non-hydrogen) atoms. The number of benzene rings is 2. The molecule has 0 saturated heterocycles. The van der Waals surface area contributed by atoms with Crippen LogP contribution in [0.25, 0.3) is 0 Å². The maximum atomic E-state index is 6.03. The Hall–Kier alpha value is -3.08. The maximum Gasteiger partial charge on any atom is 0.193 e. The second kappa shape index (κ2) is 8.85. The Morgan fingerprint density at radius 1 is 1.12 bits per heavy atom. The number of hydrogen-bond donors (Lipinski definition) is 2. The van der Waals surface area contributed by atoms with E-state index in [0.29, 0.717) is 12.5 Å². The molecule has 0 aliphatic carbocycles. The molecule has 0 radical (unpaired) electrons. The van der Waals surface area contributed by atoms with Crippen molar-refractivity contribution in [1.29, 1.82) is 0 Å². The molecular weight excluding hydrogens is 322 g/mol. The van der Waals surface area contributed by atoms with Gasteiger partial charge < -0.3 is 15.6 Å². The summed E-state index contributed by atoms with van der Waals surface area (Å²) in [5, 5.41) is 3.15. The molecule has 2 aromatic carbocycles. The fraction of sp³-hybridized carbons (Fsp3) is 0.238. The zero-order valence-electron chi connectivity index (χ0n) is 15.1. The summed E-state index contributed by atoms with van der Waals surface area (Å²) in [5.74, 6) is 1.31. The molecular formula is C21H25N5. The lowest BCUT2D eigenvalue weighted by Crippen LogP contribution is -2.23. The van der Waals surface area contributed by atoms with E-state index in [0.717, 1.165) is 30.9 Å². The van der Waals surface area contributed by atoms with Gasteiger partial charge in [0.1, 0.15) is 12.4 Å². The predicted octanol–water partition coefficient (Wildman–Crippen LogP) is 3.62. The molecule has 5 nitrogen and oxygen atoms in total. The molecule has 0 aliphatic rings. The Morgan fingerprint density at radius 3 is 2.73 bits per heavy atom. The van der Waals surface area contributed by atoms with Gasteiger partial charge in [-0.3, -0.25) is 0 Å². The number of nitrogens with zero attached hydrogens (tertiary/aromatic N) is 3. The fourth-order valence-electron chi connectivity index (χ4n) is 2.80. The molecule has 3 rings (SSSR count). The molecule has 1 heterocycles. The van der Waals surface area contributed by atoms with E-state index in [1.807, 2.05) is 30.6 Å². The number of nitrogens with one attached hydrogen (secondary N) is 1. The van der Waals surface area contributed by atoms with E-state index < -0.39 is 0 Å². The lowest BCUT2D eigenvalue weighted by molar-refractivity contribution is 0.652. The first-order valence-corrected chi connectivity index (χ1v) is 8.94. The quantitative estimate of drug-likeness (QED) is 0.507. The van der Waals surface area contributed by atoms with Crippen LogP contribution in [0.15, 0.2) is 72.0 Å². The summed E-state index contributed by atoms with van der Waals surface area (Å²) >= 11 is 0. The molecule has 0 bridgehead atoms. The van der Waals surface area contributed by atoms with Gasteiger partial charge in [0.15, 0.2) is 5.96 Å². The van der Waals surface area contributed by atoms with E-state index >= 15 is 0 Å². The summed E-state index contributed by atoms with van der Waals surface area (Å²) < 4.78 is 2.13. The van der Waals surface area contributed by atoms with Crippen LogP contribution in [0.1, 0.15) is 23.9 Å². The molecule has 0 saturated carbocycles. The number of nitrogens with two attached hydrogens (primary N) is 1. The first-order chi connectivity index (χ1) is 12.7. The van der Waals surface area contributed by atoms with Crippen LogP contribution in [0.2, 0.25) is 0 Å². The molecule has 134 valence electrons. The molecule has 0 atom stereocenters. The Bertz CT molecular complexity index is 852. The van der Waals surface area contributed by atoms with Gasteiger partial charge in [0, 0.05) is 24.6 Å². The van der Waals surface area contributed by atoms with Gasteiger partial charge in [-0.15, -0.1) is 0 Å². The van der Waals surface area contributed by atoms with E-state index in [1.165, 1.54) is 11.1 Å². The minimum atomic E-state index is 0.399. The zero-order valence-corrected chi connectivity index (χ0v) is 15.1. The van der Waals surface area contributed by atoms with Crippen LogP contribution < -0.4 is 11.1 Å². The van der Waals surface area contributed by atoms with Crippen LogP contribution in [0.4, 0.5) is 5.69 Å². The molecule has 3 aromatic rings. The van der Waals surface area contributed by atoms with E-state index in [9.17, 15) is 0 Å². The van der Waals surface area contributed by atoms with Crippen LogP contribution in [0.3, 0.4) is 0 Å². The van der Waals surface area contributed by atoms with Gasteiger partial charge >= 0.3 is 0 Å². The highest BCUT2D eigenvalue weighted by atomic mass is 15.1. The van der Waals surface area contributed by atoms with Crippen molar-refractivity contribution in [1.82, 2.24) is 9.55 Å². The van der Waals surface area contributed by atoms with E-state index in [2.05, 4.69) is 63.2 Å². The average molecular weight is 347 g/mol. The first-order valence-electron chi connectivity index (χ1n) is 8.94. The smallest absolute Gasteiger partial charge is 0.193 e. The van der Waals surface area contributed by atoms with Crippen molar-refractivity contribution in [2.45, 2.75) is 32.9 Å². The van der Waals surface area contributed by atoms with E-state index in [1.54, 1.807) is 0 Å². The Kier molecular flexibility index (Phi) is 6.04. The van der Waals surface area contributed by atoms with Crippen molar-refractivity contribution < 1.29 is 0 Å². The molecule has 5 heteroatoms. The van der Waals surface area contributed by atoms with Crippen molar-refractivity contribution >= 4 is 11.6 Å². The Morgan fingerprint density at radius 2 is 1.92 bits per heavy atom. The van der Waals surface area contributed by atoms with Crippen molar-refractivity contribution in [2.24, 2.45) is 10.7 Å². The topological polar surface area (TPSA) is 68.2 Å². The van der Waals surface area contributed by atoms with Gasteiger partial charge in [-0.25, -0.2) is 9.98 Å². The largest absolute Gasteiger partial charge is 0.370 e. The third kappa shape index (κ3) is 4.96. The van der Waals surface area contributed by atoms with Gasteiger partial charge in [-0.05, 0) is 36.1 Å². The van der Waals surface area contributed by atoms with Crippen molar-refractivity contribution in [2.75, 3.05) is 5.32 Å². The highest BCUT2D eigenvalue weighted by Crippen LogP contribution is 2.11. The van der Waals surface area contributed by atoms with Gasteiger partial charge in [0.2, 0.25) is 0 Å². The van der Waals surface area contributed by atoms with Crippen molar-refractivity contribution in [3.8, 4) is 0 Å². The molecule has 0 aliphatic heterocycles. The number of aryl methyl sites for hydroxylation is 3. The van der Waals surface area contributed by atoms with Crippen LogP contribution in [0.5, 0.6) is 0 Å². The highest BCUT2D eigenvalue weighted by molar-refractivity contribution is 5.92. The highest BCUT2D eigenvalue weighted by Gasteiger charge is 2.03. The SMILES string of the molecule is CCc1cccc(NC(N)=NCc2nccn2CCc2ccccc2)c1. The number of imidazole rings is 1. The second-order valence-corrected chi connectivity index (χ2v) is 6.15. The number of rotatable bonds is 7. The number of hydrogen-bond acceptors (Lipinski definition) is 2. The third-order valence-electron chi connectivity index (χ3n) is 4.28.